The number of Topliss-reactive ketones (excluding diaryl/α,β-unsaturated/α-hetero) is 1. The topological polar surface area (TPSA) is 44.8 Å². The lowest BCUT2D eigenvalue weighted by molar-refractivity contribution is 0.0537. The number of hydrogen-bond acceptors (Lipinski definition) is 4. The van der Waals surface area contributed by atoms with E-state index in [1.807, 2.05) is 0 Å². The van der Waals surface area contributed by atoms with Crippen LogP contribution in [0.4, 0.5) is 0 Å². The Labute approximate surface area is 107 Å². The zero-order valence-corrected chi connectivity index (χ0v) is 10.9. The van der Waals surface area contributed by atoms with Crippen LogP contribution in [0.1, 0.15) is 23.2 Å². The second-order valence-corrected chi connectivity index (χ2v) is 4.42. The van der Waals surface area contributed by atoms with Crippen LogP contribution in [0.15, 0.2) is 18.2 Å². The molecule has 1 fully saturated rings. The fourth-order valence-corrected chi connectivity index (χ4v) is 2.07. The smallest absolute Gasteiger partial charge is 0.195 e. The largest absolute Gasteiger partial charge is 0.497 e. The molecule has 1 aromatic rings. The lowest BCUT2D eigenvalue weighted by atomic mass is 10.0. The number of ketones is 1. The van der Waals surface area contributed by atoms with Crippen molar-refractivity contribution in [1.29, 1.82) is 0 Å². The van der Waals surface area contributed by atoms with Crippen molar-refractivity contribution in [2.75, 3.05) is 21.3 Å². The molecular weight excluding hydrogens is 232 g/mol. The van der Waals surface area contributed by atoms with Gasteiger partial charge in [0.1, 0.15) is 17.6 Å². The number of carbonyl (C=O) groups excluding carboxylic acids is 1. The molecule has 0 aliphatic heterocycles. The van der Waals surface area contributed by atoms with Crippen LogP contribution in [0.3, 0.4) is 0 Å². The van der Waals surface area contributed by atoms with Crippen molar-refractivity contribution in [2.45, 2.75) is 18.9 Å². The molecule has 4 nitrogen and oxygen atoms in total. The van der Waals surface area contributed by atoms with E-state index in [1.165, 1.54) is 0 Å². The summed E-state index contributed by atoms with van der Waals surface area (Å²) in [6.07, 6.45) is 1.76. The minimum absolute atomic E-state index is 0.0143. The molecule has 1 unspecified atom stereocenters. The third-order valence-corrected chi connectivity index (χ3v) is 3.24. The number of carbonyl (C=O) groups is 1. The molecule has 0 saturated heterocycles. The van der Waals surface area contributed by atoms with Gasteiger partial charge in [-0.25, -0.2) is 0 Å². The lowest BCUT2D eigenvalue weighted by Crippen LogP contribution is -2.25. The van der Waals surface area contributed by atoms with Crippen LogP contribution in [-0.2, 0) is 4.74 Å². The van der Waals surface area contributed by atoms with Gasteiger partial charge in [0, 0.05) is 13.2 Å². The fraction of sp³-hybridized carbons (Fsp3) is 0.500. The second kappa shape index (κ2) is 5.40. The van der Waals surface area contributed by atoms with E-state index in [0.717, 1.165) is 12.8 Å². The molecule has 0 amide bonds. The molecule has 0 spiro atoms. The number of benzene rings is 1. The highest BCUT2D eigenvalue weighted by Gasteiger charge is 2.37. The monoisotopic (exact) mass is 250 g/mol. The first-order valence-electron chi connectivity index (χ1n) is 6.00. The van der Waals surface area contributed by atoms with Crippen LogP contribution < -0.4 is 9.47 Å². The first kappa shape index (κ1) is 12.9. The first-order chi connectivity index (χ1) is 8.71. The molecule has 0 aromatic heterocycles. The van der Waals surface area contributed by atoms with Gasteiger partial charge in [-0.3, -0.25) is 4.79 Å². The van der Waals surface area contributed by atoms with Gasteiger partial charge in [-0.2, -0.15) is 0 Å². The van der Waals surface area contributed by atoms with Crippen molar-refractivity contribution in [2.24, 2.45) is 5.92 Å². The third-order valence-electron chi connectivity index (χ3n) is 3.24. The van der Waals surface area contributed by atoms with Crippen LogP contribution >= 0.6 is 0 Å². The van der Waals surface area contributed by atoms with E-state index in [0.29, 0.717) is 23.0 Å². The van der Waals surface area contributed by atoms with Crippen LogP contribution in [0.2, 0.25) is 0 Å². The van der Waals surface area contributed by atoms with Crippen molar-refractivity contribution < 1.29 is 19.0 Å². The van der Waals surface area contributed by atoms with Gasteiger partial charge in [-0.15, -0.1) is 0 Å². The van der Waals surface area contributed by atoms with E-state index in [-0.39, 0.29) is 11.9 Å². The van der Waals surface area contributed by atoms with Gasteiger partial charge in [0.25, 0.3) is 0 Å². The number of methoxy groups -OCH3 is 3. The minimum atomic E-state index is -0.354. The van der Waals surface area contributed by atoms with Gasteiger partial charge < -0.3 is 14.2 Å². The quantitative estimate of drug-likeness (QED) is 0.727. The van der Waals surface area contributed by atoms with E-state index in [9.17, 15) is 4.79 Å². The molecule has 0 radical (unpaired) electrons. The molecular formula is C14H18O4. The molecule has 1 aromatic carbocycles. The average molecular weight is 250 g/mol. The molecule has 1 atom stereocenters. The maximum Gasteiger partial charge on any atom is 0.195 e. The molecule has 2 rings (SSSR count). The van der Waals surface area contributed by atoms with Crippen molar-refractivity contribution in [3.8, 4) is 11.5 Å². The minimum Gasteiger partial charge on any atom is -0.497 e. The van der Waals surface area contributed by atoms with Crippen LogP contribution in [0.5, 0.6) is 11.5 Å². The van der Waals surface area contributed by atoms with Crippen LogP contribution in [0, 0.1) is 5.92 Å². The molecule has 0 N–H and O–H groups in total. The van der Waals surface area contributed by atoms with Gasteiger partial charge in [0.05, 0.1) is 19.8 Å². The van der Waals surface area contributed by atoms with Gasteiger partial charge in [-0.1, -0.05) is 0 Å². The van der Waals surface area contributed by atoms with Gasteiger partial charge in [-0.05, 0) is 30.9 Å². The Hall–Kier alpha value is -1.55. The lowest BCUT2D eigenvalue weighted by Gasteiger charge is -2.15. The molecule has 0 heterocycles. The summed E-state index contributed by atoms with van der Waals surface area (Å²) >= 11 is 0. The summed E-state index contributed by atoms with van der Waals surface area (Å²) in [6, 6.07) is 5.20. The maximum absolute atomic E-state index is 12.4. The van der Waals surface area contributed by atoms with Crippen LogP contribution in [0.25, 0.3) is 0 Å². The predicted molar refractivity (Wildman–Crippen MR) is 67.4 cm³/mol. The standard InChI is InChI=1S/C14H18O4/c1-16-10-6-7-11(12(8-10)17-2)13(15)14(18-3)9-4-5-9/h6-9,14H,4-5H2,1-3H3. The van der Waals surface area contributed by atoms with E-state index < -0.39 is 0 Å². The van der Waals surface area contributed by atoms with Crippen molar-refractivity contribution >= 4 is 5.78 Å². The summed E-state index contributed by atoms with van der Waals surface area (Å²) in [5, 5.41) is 0. The Morgan fingerprint density at radius 3 is 2.44 bits per heavy atom. The molecule has 1 aliphatic rings. The highest BCUT2D eigenvalue weighted by molar-refractivity contribution is 6.02. The maximum atomic E-state index is 12.4. The fourth-order valence-electron chi connectivity index (χ4n) is 2.07. The summed E-state index contributed by atoms with van der Waals surface area (Å²) in [5.74, 6) is 1.54. The van der Waals surface area contributed by atoms with E-state index in [4.69, 9.17) is 14.2 Å². The second-order valence-electron chi connectivity index (χ2n) is 4.42. The molecule has 98 valence electrons. The predicted octanol–water partition coefficient (Wildman–Crippen LogP) is 2.31. The Morgan fingerprint density at radius 2 is 1.94 bits per heavy atom. The summed E-state index contributed by atoms with van der Waals surface area (Å²) in [4.78, 5) is 12.4. The molecule has 1 saturated carbocycles. The first-order valence-corrected chi connectivity index (χ1v) is 6.00. The average Bonchev–Trinajstić information content (AvgIpc) is 3.23. The third kappa shape index (κ3) is 2.48. The van der Waals surface area contributed by atoms with Crippen molar-refractivity contribution in [1.82, 2.24) is 0 Å². The van der Waals surface area contributed by atoms with Crippen molar-refractivity contribution in [3.63, 3.8) is 0 Å². The van der Waals surface area contributed by atoms with Crippen LogP contribution in [-0.4, -0.2) is 33.2 Å². The SMILES string of the molecule is COc1ccc(C(=O)C(OC)C2CC2)c(OC)c1. The Balaban J connectivity index is 2.28. The molecule has 0 bridgehead atoms. The van der Waals surface area contributed by atoms with Crippen molar-refractivity contribution in [3.05, 3.63) is 23.8 Å². The number of hydrogen-bond donors (Lipinski definition) is 0. The number of ether oxygens (including phenoxy) is 3. The molecule has 18 heavy (non-hydrogen) atoms. The summed E-state index contributed by atoms with van der Waals surface area (Å²) < 4.78 is 15.7. The summed E-state index contributed by atoms with van der Waals surface area (Å²) in [5.41, 5.74) is 0.553. The molecule has 4 heteroatoms. The van der Waals surface area contributed by atoms with Gasteiger partial charge >= 0.3 is 0 Å². The van der Waals surface area contributed by atoms with E-state index >= 15 is 0 Å². The number of rotatable bonds is 6. The molecule has 1 aliphatic carbocycles. The Bertz CT molecular complexity index is 437. The zero-order valence-electron chi connectivity index (χ0n) is 10.9. The summed E-state index contributed by atoms with van der Waals surface area (Å²) in [6.45, 7) is 0. The van der Waals surface area contributed by atoms with Gasteiger partial charge in [0.2, 0.25) is 0 Å². The normalized spacial score (nSPS) is 16.2. The Morgan fingerprint density at radius 1 is 1.22 bits per heavy atom. The van der Waals surface area contributed by atoms with Gasteiger partial charge in [0.15, 0.2) is 5.78 Å². The zero-order chi connectivity index (χ0) is 13.1. The highest BCUT2D eigenvalue weighted by atomic mass is 16.5. The summed E-state index contributed by atoms with van der Waals surface area (Å²) in [7, 11) is 4.71. The van der Waals surface area contributed by atoms with E-state index in [1.54, 1.807) is 39.5 Å². The van der Waals surface area contributed by atoms with E-state index in [2.05, 4.69) is 0 Å². The highest BCUT2D eigenvalue weighted by Crippen LogP contribution is 2.37. The Kier molecular flexibility index (Phi) is 3.87.